The SMILES string of the molecule is CCOC(=S)SC(C)(C)C(=O)OCCN(C)CCOC(=O)C(C)(C)SC(C)=S. The number of nitrogens with zero attached hydrogens (tertiary/aromatic N) is 1. The molecule has 28 heavy (non-hydrogen) atoms. The van der Waals surface area contributed by atoms with Crippen molar-refractivity contribution in [3.63, 3.8) is 0 Å². The Balaban J connectivity index is 4.17. The summed E-state index contributed by atoms with van der Waals surface area (Å²) in [5, 5.41) is 0. The number of esters is 2. The van der Waals surface area contributed by atoms with E-state index in [0.29, 0.717) is 28.3 Å². The van der Waals surface area contributed by atoms with Gasteiger partial charge in [-0.15, -0.1) is 11.8 Å². The molecule has 0 fully saturated rings. The maximum atomic E-state index is 12.2. The Morgan fingerprint density at radius 1 is 0.893 bits per heavy atom. The lowest BCUT2D eigenvalue weighted by Gasteiger charge is -2.24. The first-order valence-electron chi connectivity index (χ1n) is 8.90. The highest BCUT2D eigenvalue weighted by molar-refractivity contribution is 8.24. The average molecular weight is 470 g/mol. The van der Waals surface area contributed by atoms with Crippen molar-refractivity contribution in [2.24, 2.45) is 0 Å². The maximum Gasteiger partial charge on any atom is 0.322 e. The summed E-state index contributed by atoms with van der Waals surface area (Å²) >= 11 is 12.6. The number of rotatable bonds is 11. The fraction of sp³-hybridized carbons (Fsp3) is 0.778. The van der Waals surface area contributed by atoms with Crippen molar-refractivity contribution < 1.29 is 23.8 Å². The zero-order valence-corrected chi connectivity index (χ0v) is 20.9. The van der Waals surface area contributed by atoms with Crippen molar-refractivity contribution in [1.29, 1.82) is 0 Å². The van der Waals surface area contributed by atoms with Crippen LogP contribution in [0.3, 0.4) is 0 Å². The van der Waals surface area contributed by atoms with E-state index in [-0.39, 0.29) is 25.2 Å². The molecule has 0 rings (SSSR count). The molecule has 0 aromatic rings. The Hall–Kier alpha value is -0.420. The highest BCUT2D eigenvalue weighted by Gasteiger charge is 2.33. The number of carbonyl (C=O) groups is 2. The molecule has 0 saturated carbocycles. The van der Waals surface area contributed by atoms with Gasteiger partial charge in [0.25, 0.3) is 0 Å². The van der Waals surface area contributed by atoms with Crippen molar-refractivity contribution >= 4 is 68.5 Å². The molecule has 0 amide bonds. The fourth-order valence-electron chi connectivity index (χ4n) is 1.85. The molecule has 0 radical (unpaired) electrons. The van der Waals surface area contributed by atoms with E-state index >= 15 is 0 Å². The van der Waals surface area contributed by atoms with Gasteiger partial charge in [-0.1, -0.05) is 24.0 Å². The van der Waals surface area contributed by atoms with Gasteiger partial charge in [0.2, 0.25) is 4.38 Å². The number of thioether (sulfide) groups is 2. The zero-order chi connectivity index (χ0) is 22.0. The number of carbonyl (C=O) groups excluding carboxylic acids is 2. The molecule has 0 bridgehead atoms. The molecule has 0 aromatic heterocycles. The zero-order valence-electron chi connectivity index (χ0n) is 17.7. The Kier molecular flexibility index (Phi) is 12.8. The number of hydrogen-bond acceptors (Lipinski definition) is 10. The molecule has 0 aliphatic carbocycles. The van der Waals surface area contributed by atoms with Crippen LogP contribution in [0.2, 0.25) is 0 Å². The van der Waals surface area contributed by atoms with Crippen LogP contribution in [0.25, 0.3) is 0 Å². The van der Waals surface area contributed by atoms with Crippen LogP contribution in [0, 0.1) is 0 Å². The van der Waals surface area contributed by atoms with Crippen LogP contribution in [-0.4, -0.2) is 74.9 Å². The van der Waals surface area contributed by atoms with Crippen LogP contribution in [0.5, 0.6) is 0 Å². The van der Waals surface area contributed by atoms with E-state index < -0.39 is 9.49 Å². The molecular weight excluding hydrogens is 438 g/mol. The summed E-state index contributed by atoms with van der Waals surface area (Å²) < 4.78 is 15.4. The van der Waals surface area contributed by atoms with E-state index in [9.17, 15) is 9.59 Å². The second-order valence-corrected chi connectivity index (χ2v) is 11.9. The van der Waals surface area contributed by atoms with Gasteiger partial charge < -0.3 is 14.2 Å². The molecule has 0 spiro atoms. The summed E-state index contributed by atoms with van der Waals surface area (Å²) in [5.41, 5.74) is 0. The van der Waals surface area contributed by atoms with Crippen molar-refractivity contribution in [2.45, 2.75) is 51.0 Å². The summed E-state index contributed by atoms with van der Waals surface area (Å²) in [4.78, 5) is 26.3. The topological polar surface area (TPSA) is 65.1 Å². The molecule has 0 aromatic carbocycles. The first-order chi connectivity index (χ1) is 12.8. The molecule has 10 heteroatoms. The van der Waals surface area contributed by atoms with Crippen LogP contribution in [0.1, 0.15) is 41.5 Å². The van der Waals surface area contributed by atoms with E-state index in [1.165, 1.54) is 23.5 Å². The van der Waals surface area contributed by atoms with Gasteiger partial charge in [0, 0.05) is 17.3 Å². The van der Waals surface area contributed by atoms with Crippen LogP contribution in [0.15, 0.2) is 0 Å². The van der Waals surface area contributed by atoms with Crippen molar-refractivity contribution in [3.05, 3.63) is 0 Å². The second kappa shape index (κ2) is 13.0. The van der Waals surface area contributed by atoms with Gasteiger partial charge in [0.05, 0.1) is 6.61 Å². The van der Waals surface area contributed by atoms with E-state index in [1.54, 1.807) is 34.6 Å². The van der Waals surface area contributed by atoms with Crippen LogP contribution in [-0.2, 0) is 23.8 Å². The molecule has 6 nitrogen and oxygen atoms in total. The molecule has 0 atom stereocenters. The van der Waals surface area contributed by atoms with Gasteiger partial charge in [-0.2, -0.15) is 0 Å². The van der Waals surface area contributed by atoms with E-state index in [0.717, 1.165) is 0 Å². The molecule has 0 aliphatic heterocycles. The standard InChI is InChI=1S/C18H31NO5S4/c1-8-22-16(26)28-18(5,6)15(21)24-12-10-19(7)9-11-23-14(20)17(3,4)27-13(2)25/h8-12H2,1-7H3. The van der Waals surface area contributed by atoms with Gasteiger partial charge in [0.15, 0.2) is 0 Å². The van der Waals surface area contributed by atoms with Crippen molar-refractivity contribution in [2.75, 3.05) is 40.0 Å². The molecule has 0 heterocycles. The minimum absolute atomic E-state index is 0.236. The third kappa shape index (κ3) is 11.5. The van der Waals surface area contributed by atoms with Gasteiger partial charge >= 0.3 is 11.9 Å². The molecule has 0 N–H and O–H groups in total. The lowest BCUT2D eigenvalue weighted by atomic mass is 10.2. The van der Waals surface area contributed by atoms with Gasteiger partial charge in [-0.05, 0) is 60.8 Å². The van der Waals surface area contributed by atoms with Gasteiger partial charge in [0.1, 0.15) is 22.7 Å². The molecule has 0 unspecified atom stereocenters. The van der Waals surface area contributed by atoms with E-state index in [2.05, 4.69) is 0 Å². The first kappa shape index (κ1) is 27.6. The average Bonchev–Trinajstić information content (AvgIpc) is 2.52. The lowest BCUT2D eigenvalue weighted by Crippen LogP contribution is -2.36. The predicted molar refractivity (Wildman–Crippen MR) is 125 cm³/mol. The molecular formula is C18H31NO5S4. The lowest BCUT2D eigenvalue weighted by molar-refractivity contribution is -0.146. The number of likely N-dealkylation sites (N-methyl/N-ethyl adjacent to an activating group) is 1. The highest BCUT2D eigenvalue weighted by Crippen LogP contribution is 2.28. The molecule has 162 valence electrons. The summed E-state index contributed by atoms with van der Waals surface area (Å²) in [5.74, 6) is -0.653. The first-order valence-corrected chi connectivity index (χ1v) is 11.3. The summed E-state index contributed by atoms with van der Waals surface area (Å²) in [6.45, 7) is 12.7. The Bertz CT molecular complexity index is 566. The minimum atomic E-state index is -0.816. The van der Waals surface area contributed by atoms with Gasteiger partial charge in [-0.3, -0.25) is 14.5 Å². The Morgan fingerprint density at radius 2 is 1.32 bits per heavy atom. The molecule has 0 aliphatic rings. The van der Waals surface area contributed by atoms with Crippen LogP contribution < -0.4 is 0 Å². The monoisotopic (exact) mass is 469 g/mol. The number of hydrogen-bond donors (Lipinski definition) is 0. The van der Waals surface area contributed by atoms with Crippen molar-refractivity contribution in [3.8, 4) is 0 Å². The number of ether oxygens (including phenoxy) is 3. The fourth-order valence-corrected chi connectivity index (χ4v) is 4.81. The maximum absolute atomic E-state index is 12.2. The summed E-state index contributed by atoms with van der Waals surface area (Å²) in [6, 6.07) is 0. The smallest absolute Gasteiger partial charge is 0.322 e. The number of thiocarbonyl (C=S) groups is 2. The summed E-state index contributed by atoms with van der Waals surface area (Å²) in [6.07, 6.45) is 0. The minimum Gasteiger partial charge on any atom is -0.479 e. The predicted octanol–water partition coefficient (Wildman–Crippen LogP) is 3.70. The van der Waals surface area contributed by atoms with Gasteiger partial charge in [-0.25, -0.2) is 0 Å². The summed E-state index contributed by atoms with van der Waals surface area (Å²) in [7, 11) is 1.87. The molecule has 0 saturated heterocycles. The van der Waals surface area contributed by atoms with E-state index in [1.807, 2.05) is 18.9 Å². The third-order valence-electron chi connectivity index (χ3n) is 3.40. The van der Waals surface area contributed by atoms with E-state index in [4.69, 9.17) is 38.6 Å². The Labute approximate surface area is 187 Å². The quantitative estimate of drug-likeness (QED) is 0.330. The van der Waals surface area contributed by atoms with Crippen LogP contribution in [0.4, 0.5) is 0 Å². The normalized spacial score (nSPS) is 11.9. The third-order valence-corrected chi connectivity index (χ3v) is 5.94. The van der Waals surface area contributed by atoms with Crippen LogP contribution >= 0.6 is 48.0 Å². The Morgan fingerprint density at radius 3 is 1.71 bits per heavy atom. The second-order valence-electron chi connectivity index (χ2n) is 6.97. The van der Waals surface area contributed by atoms with Crippen molar-refractivity contribution in [1.82, 2.24) is 4.90 Å². The highest BCUT2D eigenvalue weighted by atomic mass is 32.2. The largest absolute Gasteiger partial charge is 0.479 e.